The second-order valence-corrected chi connectivity index (χ2v) is 6.47. The van der Waals surface area contributed by atoms with Gasteiger partial charge in [-0.15, -0.1) is 0 Å². The Kier molecular flexibility index (Phi) is 6.48. The zero-order valence-electron chi connectivity index (χ0n) is 11.6. The molecule has 1 aromatic carbocycles. The molecule has 1 aromatic rings. The minimum Gasteiger partial charge on any atom is -0.396 e. The van der Waals surface area contributed by atoms with Gasteiger partial charge in [-0.2, -0.15) is 0 Å². The van der Waals surface area contributed by atoms with Crippen molar-refractivity contribution in [3.05, 3.63) is 29.8 Å². The number of unbranched alkanes of at least 4 members (excludes halogenated alkanes) is 1. The van der Waals surface area contributed by atoms with Gasteiger partial charge in [0.2, 0.25) is 10.0 Å². The summed E-state index contributed by atoms with van der Waals surface area (Å²) in [4.78, 5) is 0.295. The summed E-state index contributed by atoms with van der Waals surface area (Å²) in [5.74, 6) is 0.439. The molecular weight excluding hydrogens is 262 g/mol. The first-order valence-corrected chi connectivity index (χ1v) is 8.20. The molecule has 4 nitrogen and oxygen atoms in total. The first kappa shape index (κ1) is 16.1. The number of hydrogen-bond acceptors (Lipinski definition) is 3. The third-order valence-corrected chi connectivity index (χ3v) is 4.73. The van der Waals surface area contributed by atoms with Crippen LogP contribution in [0.1, 0.15) is 44.6 Å². The van der Waals surface area contributed by atoms with Crippen LogP contribution in [0.25, 0.3) is 0 Å². The van der Waals surface area contributed by atoms with Crippen molar-refractivity contribution in [1.82, 2.24) is 4.72 Å². The van der Waals surface area contributed by atoms with Crippen molar-refractivity contribution < 1.29 is 13.5 Å². The van der Waals surface area contributed by atoms with E-state index in [1.807, 2.05) is 12.1 Å². The molecule has 0 aliphatic heterocycles. The van der Waals surface area contributed by atoms with E-state index in [1.54, 1.807) is 12.1 Å². The minimum absolute atomic E-state index is 0.0886. The topological polar surface area (TPSA) is 66.4 Å². The van der Waals surface area contributed by atoms with E-state index in [1.165, 1.54) is 0 Å². The summed E-state index contributed by atoms with van der Waals surface area (Å²) >= 11 is 0. The first-order valence-electron chi connectivity index (χ1n) is 6.71. The highest BCUT2D eigenvalue weighted by Gasteiger charge is 2.13. The fourth-order valence-electron chi connectivity index (χ4n) is 1.74. The smallest absolute Gasteiger partial charge is 0.240 e. The molecule has 2 N–H and O–H groups in total. The van der Waals surface area contributed by atoms with Crippen LogP contribution in [0.3, 0.4) is 0 Å². The van der Waals surface area contributed by atoms with Gasteiger partial charge in [0, 0.05) is 13.2 Å². The zero-order chi connectivity index (χ0) is 14.3. The third kappa shape index (κ3) is 4.93. The Balaban J connectivity index is 2.68. The van der Waals surface area contributed by atoms with E-state index in [0.29, 0.717) is 30.2 Å². The summed E-state index contributed by atoms with van der Waals surface area (Å²) in [6, 6.07) is 7.04. The Hall–Kier alpha value is -0.910. The van der Waals surface area contributed by atoms with Gasteiger partial charge in [-0.25, -0.2) is 13.1 Å². The number of hydrogen-bond donors (Lipinski definition) is 2. The van der Waals surface area contributed by atoms with E-state index < -0.39 is 10.0 Å². The van der Waals surface area contributed by atoms with E-state index in [4.69, 9.17) is 5.11 Å². The molecule has 0 aromatic heterocycles. The average molecular weight is 285 g/mol. The lowest BCUT2D eigenvalue weighted by Gasteiger charge is -2.10. The van der Waals surface area contributed by atoms with Crippen LogP contribution in [0.4, 0.5) is 0 Å². The van der Waals surface area contributed by atoms with Gasteiger partial charge in [0.05, 0.1) is 4.90 Å². The van der Waals surface area contributed by atoms with E-state index in [-0.39, 0.29) is 6.61 Å². The summed E-state index contributed by atoms with van der Waals surface area (Å²) in [5, 5.41) is 8.64. The quantitative estimate of drug-likeness (QED) is 0.720. The highest BCUT2D eigenvalue weighted by atomic mass is 32.2. The highest BCUT2D eigenvalue weighted by molar-refractivity contribution is 7.89. The SMILES string of the molecule is CCC(C)c1ccc(S(=O)(=O)NCCCCO)cc1. The highest BCUT2D eigenvalue weighted by Crippen LogP contribution is 2.20. The number of nitrogens with one attached hydrogen (secondary N) is 1. The van der Waals surface area contributed by atoms with Gasteiger partial charge in [-0.1, -0.05) is 26.0 Å². The summed E-state index contributed by atoms with van der Waals surface area (Å²) < 4.78 is 26.5. The normalized spacial score (nSPS) is 13.4. The maximum atomic E-state index is 12.0. The van der Waals surface area contributed by atoms with Gasteiger partial charge in [0.15, 0.2) is 0 Å². The Morgan fingerprint density at radius 3 is 2.37 bits per heavy atom. The van der Waals surface area contributed by atoms with Crippen molar-refractivity contribution in [3.8, 4) is 0 Å². The van der Waals surface area contributed by atoms with Crippen LogP contribution in [0, 0.1) is 0 Å². The maximum absolute atomic E-state index is 12.0. The van der Waals surface area contributed by atoms with E-state index in [2.05, 4.69) is 18.6 Å². The van der Waals surface area contributed by atoms with Crippen LogP contribution in [-0.4, -0.2) is 26.7 Å². The lowest BCUT2D eigenvalue weighted by molar-refractivity contribution is 0.285. The molecule has 0 amide bonds. The van der Waals surface area contributed by atoms with Gasteiger partial charge in [-0.3, -0.25) is 0 Å². The second kappa shape index (κ2) is 7.62. The first-order chi connectivity index (χ1) is 9.01. The van der Waals surface area contributed by atoms with Crippen LogP contribution in [0.5, 0.6) is 0 Å². The van der Waals surface area contributed by atoms with Crippen molar-refractivity contribution >= 4 is 10.0 Å². The van der Waals surface area contributed by atoms with Crippen molar-refractivity contribution in [2.24, 2.45) is 0 Å². The van der Waals surface area contributed by atoms with Gasteiger partial charge < -0.3 is 5.11 Å². The number of rotatable bonds is 8. The molecular formula is C14H23NO3S. The standard InChI is InChI=1S/C14H23NO3S/c1-3-12(2)13-6-8-14(9-7-13)19(17,18)15-10-4-5-11-16/h6-9,12,15-16H,3-5,10-11H2,1-2H3. The molecule has 0 saturated carbocycles. The van der Waals surface area contributed by atoms with E-state index >= 15 is 0 Å². The van der Waals surface area contributed by atoms with Crippen LogP contribution < -0.4 is 4.72 Å². The van der Waals surface area contributed by atoms with Gasteiger partial charge in [-0.05, 0) is 42.9 Å². The van der Waals surface area contributed by atoms with Crippen LogP contribution in [-0.2, 0) is 10.0 Å². The largest absolute Gasteiger partial charge is 0.396 e. The molecule has 5 heteroatoms. The maximum Gasteiger partial charge on any atom is 0.240 e. The van der Waals surface area contributed by atoms with Crippen molar-refractivity contribution in [3.63, 3.8) is 0 Å². The second-order valence-electron chi connectivity index (χ2n) is 4.71. The molecule has 1 unspecified atom stereocenters. The summed E-state index contributed by atoms with van der Waals surface area (Å²) in [6.07, 6.45) is 2.28. The number of aliphatic hydroxyl groups excluding tert-OH is 1. The molecule has 0 aliphatic carbocycles. The van der Waals surface area contributed by atoms with Crippen molar-refractivity contribution in [1.29, 1.82) is 0 Å². The average Bonchev–Trinajstić information content (AvgIpc) is 2.43. The van der Waals surface area contributed by atoms with Crippen LogP contribution >= 0.6 is 0 Å². The zero-order valence-corrected chi connectivity index (χ0v) is 12.4. The molecule has 0 bridgehead atoms. The van der Waals surface area contributed by atoms with Gasteiger partial charge in [0.1, 0.15) is 0 Å². The summed E-state index contributed by atoms with van der Waals surface area (Å²) in [5.41, 5.74) is 1.15. The molecule has 108 valence electrons. The Morgan fingerprint density at radius 2 is 1.84 bits per heavy atom. The lowest BCUT2D eigenvalue weighted by atomic mass is 9.99. The molecule has 0 spiro atoms. The van der Waals surface area contributed by atoms with Gasteiger partial charge >= 0.3 is 0 Å². The minimum atomic E-state index is -3.42. The number of benzene rings is 1. The molecule has 0 heterocycles. The van der Waals surface area contributed by atoms with Crippen LogP contribution in [0.2, 0.25) is 0 Å². The summed E-state index contributed by atoms with van der Waals surface area (Å²) in [6.45, 7) is 4.68. The molecule has 0 radical (unpaired) electrons. The predicted molar refractivity (Wildman–Crippen MR) is 76.7 cm³/mol. The van der Waals surface area contributed by atoms with Crippen molar-refractivity contribution in [2.75, 3.05) is 13.2 Å². The third-order valence-electron chi connectivity index (χ3n) is 3.25. The molecule has 0 fully saturated rings. The molecule has 0 aliphatic rings. The summed E-state index contributed by atoms with van der Waals surface area (Å²) in [7, 11) is -3.42. The van der Waals surface area contributed by atoms with E-state index in [9.17, 15) is 8.42 Å². The van der Waals surface area contributed by atoms with Crippen LogP contribution in [0.15, 0.2) is 29.2 Å². The van der Waals surface area contributed by atoms with E-state index in [0.717, 1.165) is 12.0 Å². The number of sulfonamides is 1. The van der Waals surface area contributed by atoms with Gasteiger partial charge in [0.25, 0.3) is 0 Å². The number of aliphatic hydroxyl groups is 1. The molecule has 0 saturated heterocycles. The fraction of sp³-hybridized carbons (Fsp3) is 0.571. The Bertz CT molecular complexity index is 468. The Labute approximate surface area is 115 Å². The predicted octanol–water partition coefficient (Wildman–Crippen LogP) is 2.25. The fourth-order valence-corrected chi connectivity index (χ4v) is 2.81. The molecule has 19 heavy (non-hydrogen) atoms. The molecule has 1 rings (SSSR count). The lowest BCUT2D eigenvalue weighted by Crippen LogP contribution is -2.24. The Morgan fingerprint density at radius 1 is 1.21 bits per heavy atom. The van der Waals surface area contributed by atoms with Crippen molar-refractivity contribution in [2.45, 2.75) is 43.9 Å². The molecule has 1 atom stereocenters. The monoisotopic (exact) mass is 285 g/mol.